The molecule has 2 atom stereocenters. The summed E-state index contributed by atoms with van der Waals surface area (Å²) in [6, 6.07) is 16.7. The molecule has 234 valence electrons. The lowest BCUT2D eigenvalue weighted by Crippen LogP contribution is -2.52. The van der Waals surface area contributed by atoms with E-state index in [0.29, 0.717) is 68.1 Å². The maximum atomic E-state index is 15.2. The first-order valence-electron chi connectivity index (χ1n) is 15.0. The number of likely N-dealkylation sites (tertiary alicyclic amines) is 2. The maximum Gasteiger partial charge on any atom is 0.272 e. The average Bonchev–Trinajstić information content (AvgIpc) is 3.09. The van der Waals surface area contributed by atoms with Crippen molar-refractivity contribution in [2.45, 2.75) is 38.0 Å². The Morgan fingerprint density at radius 3 is 2.33 bits per heavy atom. The van der Waals surface area contributed by atoms with Crippen molar-refractivity contribution in [3.8, 4) is 17.6 Å². The van der Waals surface area contributed by atoms with Crippen molar-refractivity contribution < 1.29 is 28.2 Å². The van der Waals surface area contributed by atoms with Crippen molar-refractivity contribution in [3.63, 3.8) is 0 Å². The van der Waals surface area contributed by atoms with Gasteiger partial charge in [0, 0.05) is 56.0 Å². The van der Waals surface area contributed by atoms with Crippen LogP contribution in [0.4, 0.5) is 4.39 Å². The van der Waals surface area contributed by atoms with Crippen LogP contribution in [-0.4, -0.2) is 85.0 Å². The van der Waals surface area contributed by atoms with Gasteiger partial charge in [-0.05, 0) is 73.9 Å². The number of hydrogen-bond acceptors (Lipinski definition) is 8. The highest BCUT2D eigenvalue weighted by Crippen LogP contribution is 2.26. The fourth-order valence-electron chi connectivity index (χ4n) is 5.89. The van der Waals surface area contributed by atoms with Crippen LogP contribution in [0.25, 0.3) is 0 Å². The number of nitrogens with zero attached hydrogens (tertiary/aromatic N) is 4. The number of Topliss-reactive ketones (excluding diaryl/α,β-unsaturated/α-hetero) is 1. The number of rotatable bonds is 9. The molecule has 2 fully saturated rings. The first-order chi connectivity index (χ1) is 21.8. The van der Waals surface area contributed by atoms with E-state index in [4.69, 9.17) is 9.47 Å². The fraction of sp³-hybridized carbons (Fsp3) is 0.382. The summed E-state index contributed by atoms with van der Waals surface area (Å²) in [6.45, 7) is 1.97. The summed E-state index contributed by atoms with van der Waals surface area (Å²) in [5.41, 5.74) is 2.39. The monoisotopic (exact) mass is 613 g/mol. The molecule has 0 radical (unpaired) electrons. The zero-order valence-corrected chi connectivity index (χ0v) is 25.4. The molecule has 0 aliphatic carbocycles. The second-order valence-corrected chi connectivity index (χ2v) is 11.3. The van der Waals surface area contributed by atoms with E-state index in [9.17, 15) is 19.6 Å². The molecule has 1 N–H and O–H groups in total. The third-order valence-electron chi connectivity index (χ3n) is 8.52. The highest BCUT2D eigenvalue weighted by Gasteiger charge is 2.32. The van der Waals surface area contributed by atoms with Crippen LogP contribution in [0.3, 0.4) is 0 Å². The summed E-state index contributed by atoms with van der Waals surface area (Å²) in [4.78, 5) is 46.7. The van der Waals surface area contributed by atoms with E-state index in [-0.39, 0.29) is 35.4 Å². The number of ether oxygens (including phenoxy) is 2. The van der Waals surface area contributed by atoms with Gasteiger partial charge in [-0.25, -0.2) is 4.39 Å². The lowest BCUT2D eigenvalue weighted by molar-refractivity contribution is 0.0645. The molecule has 2 aromatic carbocycles. The molecule has 11 heteroatoms. The molecule has 10 nitrogen and oxygen atoms in total. The smallest absolute Gasteiger partial charge is 0.272 e. The molecule has 3 aromatic rings. The Labute approximate surface area is 261 Å². The number of benzene rings is 2. The van der Waals surface area contributed by atoms with Crippen molar-refractivity contribution in [3.05, 3.63) is 88.7 Å². The highest BCUT2D eigenvalue weighted by atomic mass is 19.1. The Bertz CT molecular complexity index is 1570. The summed E-state index contributed by atoms with van der Waals surface area (Å²) in [5.74, 6) is 0.511. The predicted octanol–water partition coefficient (Wildman–Crippen LogP) is 4.05. The first kappa shape index (κ1) is 31.6. The predicted molar refractivity (Wildman–Crippen MR) is 164 cm³/mol. The largest absolute Gasteiger partial charge is 0.497 e. The number of nitriles is 1. The van der Waals surface area contributed by atoms with Crippen molar-refractivity contribution >= 4 is 17.6 Å². The molecule has 2 aliphatic rings. The molecule has 0 saturated carbocycles. The molecule has 0 spiro atoms. The third kappa shape index (κ3) is 7.46. The number of halogens is 1. The molecule has 0 unspecified atom stereocenters. The number of ketones is 1. The Morgan fingerprint density at radius 1 is 0.978 bits per heavy atom. The number of methoxy groups -OCH3 is 2. The van der Waals surface area contributed by atoms with Crippen molar-refractivity contribution in [2.75, 3.05) is 40.4 Å². The van der Waals surface area contributed by atoms with Gasteiger partial charge in [-0.1, -0.05) is 0 Å². The van der Waals surface area contributed by atoms with Gasteiger partial charge in [-0.15, -0.1) is 0 Å². The lowest BCUT2D eigenvalue weighted by atomic mass is 9.88. The van der Waals surface area contributed by atoms with Crippen LogP contribution < -0.4 is 14.8 Å². The van der Waals surface area contributed by atoms with Gasteiger partial charge >= 0.3 is 0 Å². The van der Waals surface area contributed by atoms with E-state index in [1.54, 1.807) is 61.6 Å². The summed E-state index contributed by atoms with van der Waals surface area (Å²) in [7, 11) is 3.13. The number of piperidine rings is 2. The van der Waals surface area contributed by atoms with Gasteiger partial charge in [-0.2, -0.15) is 5.26 Å². The molecular weight excluding hydrogens is 577 g/mol. The van der Waals surface area contributed by atoms with Gasteiger partial charge in [0.2, 0.25) is 0 Å². The SMILES string of the molecule is COc1ccc(C(=O)C2CCN(C(=O)c3ccc(C(=O)N[C@@H]4CCN(Cc5cc(C#N)ccc5OC)C[C@H]4F)cn3)CC2)cc1. The van der Waals surface area contributed by atoms with Gasteiger partial charge < -0.3 is 19.7 Å². The number of amides is 2. The van der Waals surface area contributed by atoms with Crippen LogP contribution >= 0.6 is 0 Å². The molecule has 5 rings (SSSR count). The normalized spacial score (nSPS) is 18.9. The van der Waals surface area contributed by atoms with E-state index in [0.717, 1.165) is 5.56 Å². The van der Waals surface area contributed by atoms with Crippen LogP contribution in [0.1, 0.15) is 61.6 Å². The molecule has 3 heterocycles. The minimum Gasteiger partial charge on any atom is -0.497 e. The fourth-order valence-corrected chi connectivity index (χ4v) is 5.89. The van der Waals surface area contributed by atoms with E-state index in [1.807, 2.05) is 4.90 Å². The third-order valence-corrected chi connectivity index (χ3v) is 8.52. The van der Waals surface area contributed by atoms with Crippen LogP contribution in [-0.2, 0) is 6.54 Å². The molecule has 2 amide bonds. The molecule has 45 heavy (non-hydrogen) atoms. The molecular formula is C34H36FN5O5. The summed E-state index contributed by atoms with van der Waals surface area (Å²) in [5, 5.41) is 12.0. The van der Waals surface area contributed by atoms with Gasteiger partial charge in [0.05, 0.1) is 37.5 Å². The Morgan fingerprint density at radius 2 is 1.71 bits per heavy atom. The van der Waals surface area contributed by atoms with Crippen molar-refractivity contribution in [2.24, 2.45) is 5.92 Å². The standard InChI is InChI=1S/C34H36FN5O5/c1-44-27-7-4-23(5-8-27)32(41)24-11-15-40(16-12-24)34(43)30-9-6-25(19-37-30)33(42)38-29-13-14-39(21-28(29)35)20-26-17-22(18-36)3-10-31(26)45-2/h3-10,17,19,24,28-29H,11-16,20-21H2,1-2H3,(H,38,42)/t28-,29-/m1/s1. The van der Waals surface area contributed by atoms with Crippen molar-refractivity contribution in [1.29, 1.82) is 5.26 Å². The number of alkyl halides is 1. The Kier molecular flexibility index (Phi) is 10.0. The van der Waals surface area contributed by atoms with Crippen LogP contribution in [0.15, 0.2) is 60.8 Å². The van der Waals surface area contributed by atoms with E-state index in [2.05, 4.69) is 16.4 Å². The number of pyridine rings is 1. The van der Waals surface area contributed by atoms with Crippen LogP contribution in [0.5, 0.6) is 11.5 Å². The van der Waals surface area contributed by atoms with E-state index < -0.39 is 18.1 Å². The number of carbonyl (C=O) groups excluding carboxylic acids is 3. The summed E-state index contributed by atoms with van der Waals surface area (Å²) >= 11 is 0. The Balaban J connectivity index is 1.10. The minimum absolute atomic E-state index is 0.0602. The second kappa shape index (κ2) is 14.3. The van der Waals surface area contributed by atoms with E-state index in [1.165, 1.54) is 18.3 Å². The van der Waals surface area contributed by atoms with Gasteiger partial charge in [0.1, 0.15) is 23.4 Å². The topological polar surface area (TPSA) is 125 Å². The maximum absolute atomic E-state index is 15.2. The highest BCUT2D eigenvalue weighted by molar-refractivity contribution is 5.99. The summed E-state index contributed by atoms with van der Waals surface area (Å²) in [6.07, 6.45) is 1.56. The van der Waals surface area contributed by atoms with Crippen LogP contribution in [0.2, 0.25) is 0 Å². The molecule has 2 saturated heterocycles. The van der Waals surface area contributed by atoms with E-state index >= 15 is 4.39 Å². The Hall–Kier alpha value is -4.82. The zero-order valence-electron chi connectivity index (χ0n) is 25.4. The number of aromatic nitrogens is 1. The first-order valence-corrected chi connectivity index (χ1v) is 15.0. The lowest BCUT2D eigenvalue weighted by Gasteiger charge is -2.35. The molecule has 2 aliphatic heterocycles. The number of carbonyl (C=O) groups is 3. The molecule has 0 bridgehead atoms. The summed E-state index contributed by atoms with van der Waals surface area (Å²) < 4.78 is 25.7. The molecule has 1 aromatic heterocycles. The van der Waals surface area contributed by atoms with Gasteiger partial charge in [0.15, 0.2) is 5.78 Å². The van der Waals surface area contributed by atoms with Crippen molar-refractivity contribution in [1.82, 2.24) is 20.1 Å². The quantitative estimate of drug-likeness (QED) is 0.359. The van der Waals surface area contributed by atoms with Gasteiger partial charge in [-0.3, -0.25) is 24.3 Å². The minimum atomic E-state index is -1.29. The second-order valence-electron chi connectivity index (χ2n) is 11.3. The number of hydrogen-bond donors (Lipinski definition) is 1. The average molecular weight is 614 g/mol. The van der Waals surface area contributed by atoms with Gasteiger partial charge in [0.25, 0.3) is 11.8 Å². The zero-order chi connectivity index (χ0) is 31.9. The number of nitrogens with one attached hydrogen (secondary N) is 1. The van der Waals surface area contributed by atoms with Crippen LogP contribution in [0, 0.1) is 17.2 Å².